The van der Waals surface area contributed by atoms with Gasteiger partial charge >= 0.3 is 0 Å². The standard InChI is InChI=1S/C14H17BrO/c15-13-8-6-11(7-9-13)10-14(16)12-4-2-1-3-5-12/h1-2,6-9,12,14,16H,3-5,10H2. The Kier molecular flexibility index (Phi) is 4.19. The Labute approximate surface area is 105 Å². The van der Waals surface area contributed by atoms with Gasteiger partial charge in [-0.25, -0.2) is 0 Å². The van der Waals surface area contributed by atoms with Gasteiger partial charge in [0, 0.05) is 4.47 Å². The highest BCUT2D eigenvalue weighted by Gasteiger charge is 2.19. The highest BCUT2D eigenvalue weighted by molar-refractivity contribution is 9.10. The minimum atomic E-state index is -0.203. The topological polar surface area (TPSA) is 20.2 Å². The molecule has 0 aliphatic heterocycles. The molecule has 1 nitrogen and oxygen atoms in total. The average molecular weight is 281 g/mol. The van der Waals surface area contributed by atoms with Crippen LogP contribution in [-0.4, -0.2) is 11.2 Å². The second-order valence-electron chi connectivity index (χ2n) is 4.44. The maximum atomic E-state index is 10.2. The van der Waals surface area contributed by atoms with Crippen LogP contribution in [0.5, 0.6) is 0 Å². The zero-order chi connectivity index (χ0) is 11.4. The third-order valence-electron chi connectivity index (χ3n) is 3.21. The molecule has 86 valence electrons. The number of aliphatic hydroxyl groups is 1. The lowest BCUT2D eigenvalue weighted by molar-refractivity contribution is 0.102. The molecule has 0 aromatic heterocycles. The van der Waals surface area contributed by atoms with Crippen molar-refractivity contribution in [2.24, 2.45) is 5.92 Å². The second kappa shape index (κ2) is 5.65. The molecule has 1 aromatic carbocycles. The van der Waals surface area contributed by atoms with E-state index in [1.165, 1.54) is 5.56 Å². The maximum Gasteiger partial charge on any atom is 0.0611 e. The van der Waals surface area contributed by atoms with Gasteiger partial charge in [-0.1, -0.05) is 40.2 Å². The lowest BCUT2D eigenvalue weighted by Crippen LogP contribution is -2.23. The van der Waals surface area contributed by atoms with Crippen molar-refractivity contribution in [1.82, 2.24) is 0 Å². The summed E-state index contributed by atoms with van der Waals surface area (Å²) in [6.07, 6.45) is 8.23. The van der Waals surface area contributed by atoms with Crippen LogP contribution in [-0.2, 0) is 6.42 Å². The normalized spacial score (nSPS) is 22.0. The summed E-state index contributed by atoms with van der Waals surface area (Å²) in [7, 11) is 0. The van der Waals surface area contributed by atoms with E-state index in [4.69, 9.17) is 0 Å². The van der Waals surface area contributed by atoms with Crippen molar-refractivity contribution in [2.75, 3.05) is 0 Å². The van der Waals surface area contributed by atoms with Gasteiger partial charge in [-0.15, -0.1) is 0 Å². The zero-order valence-electron chi connectivity index (χ0n) is 9.27. The molecule has 0 heterocycles. The van der Waals surface area contributed by atoms with Gasteiger partial charge in [0.15, 0.2) is 0 Å². The Balaban J connectivity index is 1.93. The third kappa shape index (κ3) is 3.19. The summed E-state index contributed by atoms with van der Waals surface area (Å²) in [4.78, 5) is 0. The minimum absolute atomic E-state index is 0.203. The van der Waals surface area contributed by atoms with Gasteiger partial charge in [-0.05, 0) is 49.3 Å². The van der Waals surface area contributed by atoms with Crippen molar-refractivity contribution in [1.29, 1.82) is 0 Å². The highest BCUT2D eigenvalue weighted by Crippen LogP contribution is 2.24. The van der Waals surface area contributed by atoms with Gasteiger partial charge in [0.05, 0.1) is 6.10 Å². The minimum Gasteiger partial charge on any atom is -0.392 e. The molecule has 0 radical (unpaired) electrons. The van der Waals surface area contributed by atoms with Crippen molar-refractivity contribution in [3.05, 3.63) is 46.5 Å². The summed E-state index contributed by atoms with van der Waals surface area (Å²) in [5.41, 5.74) is 1.21. The van der Waals surface area contributed by atoms with Crippen LogP contribution in [0.4, 0.5) is 0 Å². The van der Waals surface area contributed by atoms with Crippen LogP contribution in [0.3, 0.4) is 0 Å². The number of halogens is 1. The van der Waals surface area contributed by atoms with Crippen molar-refractivity contribution < 1.29 is 5.11 Å². The number of hydrogen-bond donors (Lipinski definition) is 1. The summed E-state index contributed by atoms with van der Waals surface area (Å²) in [5.74, 6) is 0.439. The molecule has 0 spiro atoms. The van der Waals surface area contributed by atoms with E-state index in [0.29, 0.717) is 5.92 Å². The quantitative estimate of drug-likeness (QED) is 0.837. The first-order valence-corrected chi connectivity index (χ1v) is 6.62. The molecule has 2 heteroatoms. The molecule has 1 aliphatic carbocycles. The Bertz CT molecular complexity index is 356. The molecule has 0 fully saturated rings. The first-order chi connectivity index (χ1) is 7.75. The molecule has 1 N–H and O–H groups in total. The van der Waals surface area contributed by atoms with Crippen molar-refractivity contribution >= 4 is 15.9 Å². The van der Waals surface area contributed by atoms with Gasteiger partial charge in [-0.2, -0.15) is 0 Å². The molecule has 2 rings (SSSR count). The molecular formula is C14H17BrO. The summed E-state index contributed by atoms with van der Waals surface area (Å²) in [6.45, 7) is 0. The fourth-order valence-corrected chi connectivity index (χ4v) is 2.46. The SMILES string of the molecule is OC(Cc1ccc(Br)cc1)C1CC=CCC1. The Morgan fingerprint density at radius 2 is 2.00 bits per heavy atom. The van der Waals surface area contributed by atoms with Crippen LogP contribution >= 0.6 is 15.9 Å². The molecule has 1 aliphatic rings. The van der Waals surface area contributed by atoms with Gasteiger partial charge in [-0.3, -0.25) is 0 Å². The largest absolute Gasteiger partial charge is 0.392 e. The maximum absolute atomic E-state index is 10.2. The first kappa shape index (κ1) is 11.9. The van der Waals surface area contributed by atoms with E-state index in [1.54, 1.807) is 0 Å². The van der Waals surface area contributed by atoms with E-state index in [-0.39, 0.29) is 6.10 Å². The van der Waals surface area contributed by atoms with Crippen LogP contribution in [0.25, 0.3) is 0 Å². The number of hydrogen-bond acceptors (Lipinski definition) is 1. The predicted octanol–water partition coefficient (Wildman–Crippen LogP) is 3.71. The Morgan fingerprint density at radius 3 is 2.62 bits per heavy atom. The second-order valence-corrected chi connectivity index (χ2v) is 5.36. The summed E-state index contributed by atoms with van der Waals surface area (Å²) in [5, 5.41) is 10.2. The van der Waals surface area contributed by atoms with Crippen LogP contribution in [0, 0.1) is 5.92 Å². The van der Waals surface area contributed by atoms with Gasteiger partial charge in [0.25, 0.3) is 0 Å². The van der Waals surface area contributed by atoms with Gasteiger partial charge in [0.2, 0.25) is 0 Å². The van der Waals surface area contributed by atoms with Crippen molar-refractivity contribution in [3.63, 3.8) is 0 Å². The van der Waals surface area contributed by atoms with E-state index < -0.39 is 0 Å². The smallest absolute Gasteiger partial charge is 0.0611 e. The van der Waals surface area contributed by atoms with E-state index in [0.717, 1.165) is 30.2 Å². The lowest BCUT2D eigenvalue weighted by atomic mass is 9.86. The molecule has 0 bridgehead atoms. The Hall–Kier alpha value is -0.600. The molecular weight excluding hydrogens is 264 g/mol. The number of benzene rings is 1. The molecule has 0 saturated heterocycles. The third-order valence-corrected chi connectivity index (χ3v) is 3.74. The summed E-state index contributed by atoms with van der Waals surface area (Å²) in [6, 6.07) is 8.21. The van der Waals surface area contributed by atoms with Crippen LogP contribution in [0.1, 0.15) is 24.8 Å². The van der Waals surface area contributed by atoms with Crippen LogP contribution in [0.2, 0.25) is 0 Å². The summed E-state index contributed by atoms with van der Waals surface area (Å²) < 4.78 is 1.09. The number of allylic oxidation sites excluding steroid dienone is 2. The molecule has 2 atom stereocenters. The molecule has 1 aromatic rings. The van der Waals surface area contributed by atoms with Gasteiger partial charge < -0.3 is 5.11 Å². The number of aliphatic hydroxyl groups excluding tert-OH is 1. The van der Waals surface area contributed by atoms with Gasteiger partial charge in [0.1, 0.15) is 0 Å². The highest BCUT2D eigenvalue weighted by atomic mass is 79.9. The lowest BCUT2D eigenvalue weighted by Gasteiger charge is -2.23. The predicted molar refractivity (Wildman–Crippen MR) is 70.3 cm³/mol. The monoisotopic (exact) mass is 280 g/mol. The zero-order valence-corrected chi connectivity index (χ0v) is 10.9. The molecule has 0 amide bonds. The first-order valence-electron chi connectivity index (χ1n) is 5.83. The summed E-state index contributed by atoms with van der Waals surface area (Å²) >= 11 is 3.42. The number of rotatable bonds is 3. The molecule has 2 unspecified atom stereocenters. The van der Waals surface area contributed by atoms with E-state index in [9.17, 15) is 5.11 Å². The van der Waals surface area contributed by atoms with E-state index >= 15 is 0 Å². The van der Waals surface area contributed by atoms with E-state index in [1.807, 2.05) is 12.1 Å². The fraction of sp³-hybridized carbons (Fsp3) is 0.429. The van der Waals surface area contributed by atoms with E-state index in [2.05, 4.69) is 40.2 Å². The van der Waals surface area contributed by atoms with Crippen molar-refractivity contribution in [3.8, 4) is 0 Å². The Morgan fingerprint density at radius 1 is 1.25 bits per heavy atom. The fourth-order valence-electron chi connectivity index (χ4n) is 2.20. The van der Waals surface area contributed by atoms with Crippen LogP contribution in [0.15, 0.2) is 40.9 Å². The molecule has 16 heavy (non-hydrogen) atoms. The average Bonchev–Trinajstić information content (AvgIpc) is 2.33. The van der Waals surface area contributed by atoms with Crippen molar-refractivity contribution in [2.45, 2.75) is 31.8 Å². The van der Waals surface area contributed by atoms with Crippen LogP contribution < -0.4 is 0 Å². The molecule has 0 saturated carbocycles.